The second kappa shape index (κ2) is 5.84. The fourth-order valence-corrected chi connectivity index (χ4v) is 2.50. The van der Waals surface area contributed by atoms with Gasteiger partial charge in [-0.3, -0.25) is 9.78 Å². The third-order valence-corrected chi connectivity index (χ3v) is 4.30. The number of nitrogens with one attached hydrogen (secondary N) is 1. The monoisotopic (exact) mass is 360 g/mol. The van der Waals surface area contributed by atoms with Crippen LogP contribution in [0.2, 0.25) is 5.02 Å². The van der Waals surface area contributed by atoms with E-state index in [0.29, 0.717) is 16.3 Å². The lowest BCUT2D eigenvalue weighted by molar-refractivity contribution is 0.102. The number of pyridine rings is 1. The zero-order valence-corrected chi connectivity index (χ0v) is 13.1. The zero-order chi connectivity index (χ0) is 14.8. The van der Waals surface area contributed by atoms with E-state index in [1.165, 1.54) is 0 Å². The minimum absolute atomic E-state index is 0.188. The van der Waals surface area contributed by atoms with Crippen LogP contribution in [0.25, 0.3) is 10.9 Å². The van der Waals surface area contributed by atoms with E-state index in [0.717, 1.165) is 15.4 Å². The maximum Gasteiger partial charge on any atom is 0.256 e. The molecule has 0 radical (unpaired) electrons. The van der Waals surface area contributed by atoms with Gasteiger partial charge < -0.3 is 5.32 Å². The van der Waals surface area contributed by atoms with Crippen LogP contribution >= 0.6 is 27.5 Å². The van der Waals surface area contributed by atoms with Crippen LogP contribution in [-0.2, 0) is 0 Å². The highest BCUT2D eigenvalue weighted by atomic mass is 79.9. The summed E-state index contributed by atoms with van der Waals surface area (Å²) >= 11 is 9.35. The fourth-order valence-electron chi connectivity index (χ4n) is 2.07. The standard InChI is InChI=1S/C16H10BrClN2O/c17-13-7-6-10(9-14(13)18)20-16(21)12-3-1-5-15-11(12)4-2-8-19-15/h1-9H,(H,20,21). The van der Waals surface area contributed by atoms with Crippen LogP contribution in [0, 0.1) is 0 Å². The summed E-state index contributed by atoms with van der Waals surface area (Å²) in [5.41, 5.74) is 2.02. The van der Waals surface area contributed by atoms with E-state index in [-0.39, 0.29) is 5.91 Å². The normalized spacial score (nSPS) is 10.6. The fraction of sp³-hybridized carbons (Fsp3) is 0. The molecule has 0 aliphatic heterocycles. The number of carbonyl (C=O) groups is 1. The van der Waals surface area contributed by atoms with Crippen LogP contribution in [-0.4, -0.2) is 10.9 Å². The Morgan fingerprint density at radius 1 is 1.14 bits per heavy atom. The molecule has 104 valence electrons. The highest BCUT2D eigenvalue weighted by molar-refractivity contribution is 9.10. The van der Waals surface area contributed by atoms with Crippen molar-refractivity contribution in [2.75, 3.05) is 5.32 Å². The first-order valence-corrected chi connectivity index (χ1v) is 7.42. The topological polar surface area (TPSA) is 42.0 Å². The second-order valence-corrected chi connectivity index (χ2v) is 5.72. The molecule has 3 rings (SSSR count). The van der Waals surface area contributed by atoms with Gasteiger partial charge in [0.2, 0.25) is 0 Å². The molecule has 0 saturated heterocycles. The van der Waals surface area contributed by atoms with E-state index >= 15 is 0 Å². The van der Waals surface area contributed by atoms with Gasteiger partial charge in [-0.2, -0.15) is 0 Å². The van der Waals surface area contributed by atoms with Crippen molar-refractivity contribution >= 4 is 50.0 Å². The molecule has 0 unspecified atom stereocenters. The summed E-state index contributed by atoms with van der Waals surface area (Å²) in [5.74, 6) is -0.188. The van der Waals surface area contributed by atoms with Crippen molar-refractivity contribution in [3.8, 4) is 0 Å². The molecule has 1 N–H and O–H groups in total. The average Bonchev–Trinajstić information content (AvgIpc) is 2.50. The van der Waals surface area contributed by atoms with Gasteiger partial charge in [-0.1, -0.05) is 23.7 Å². The third kappa shape index (κ3) is 2.91. The van der Waals surface area contributed by atoms with E-state index in [9.17, 15) is 4.79 Å². The highest BCUT2D eigenvalue weighted by Gasteiger charge is 2.11. The number of hydrogen-bond donors (Lipinski definition) is 1. The second-order valence-electron chi connectivity index (χ2n) is 4.46. The number of aromatic nitrogens is 1. The van der Waals surface area contributed by atoms with Gasteiger partial charge in [-0.05, 0) is 52.3 Å². The Bertz CT molecular complexity index is 830. The predicted octanol–water partition coefficient (Wildman–Crippen LogP) is 4.90. The smallest absolute Gasteiger partial charge is 0.256 e. The number of anilines is 1. The molecular weight excluding hydrogens is 352 g/mol. The van der Waals surface area contributed by atoms with E-state index in [2.05, 4.69) is 26.2 Å². The van der Waals surface area contributed by atoms with Gasteiger partial charge in [0.15, 0.2) is 0 Å². The quantitative estimate of drug-likeness (QED) is 0.705. The van der Waals surface area contributed by atoms with Crippen LogP contribution in [0.15, 0.2) is 59.2 Å². The minimum atomic E-state index is -0.188. The van der Waals surface area contributed by atoms with E-state index in [4.69, 9.17) is 11.6 Å². The molecule has 0 aliphatic carbocycles. The predicted molar refractivity (Wildman–Crippen MR) is 88.8 cm³/mol. The summed E-state index contributed by atoms with van der Waals surface area (Å²) in [6.45, 7) is 0. The lowest BCUT2D eigenvalue weighted by atomic mass is 10.1. The first kappa shape index (κ1) is 14.0. The number of benzene rings is 2. The van der Waals surface area contributed by atoms with Gasteiger partial charge in [0.25, 0.3) is 5.91 Å². The van der Waals surface area contributed by atoms with Crippen molar-refractivity contribution < 1.29 is 4.79 Å². The van der Waals surface area contributed by atoms with Crippen LogP contribution in [0.5, 0.6) is 0 Å². The molecule has 0 aliphatic rings. The molecule has 1 heterocycles. The van der Waals surface area contributed by atoms with Gasteiger partial charge in [0, 0.05) is 27.3 Å². The summed E-state index contributed by atoms with van der Waals surface area (Å²) in [6.07, 6.45) is 1.71. The summed E-state index contributed by atoms with van der Waals surface area (Å²) in [5, 5.41) is 4.22. The van der Waals surface area contributed by atoms with Crippen molar-refractivity contribution in [3.63, 3.8) is 0 Å². The Kier molecular flexibility index (Phi) is 3.90. The molecule has 5 heteroatoms. The highest BCUT2D eigenvalue weighted by Crippen LogP contribution is 2.26. The number of rotatable bonds is 2. The summed E-state index contributed by atoms with van der Waals surface area (Å²) < 4.78 is 0.788. The molecule has 0 saturated carbocycles. The van der Waals surface area contributed by atoms with Crippen molar-refractivity contribution in [1.29, 1.82) is 0 Å². The summed E-state index contributed by atoms with van der Waals surface area (Å²) in [7, 11) is 0. The minimum Gasteiger partial charge on any atom is -0.322 e. The average molecular weight is 362 g/mol. The molecule has 0 bridgehead atoms. The first-order chi connectivity index (χ1) is 10.1. The molecule has 3 nitrogen and oxygen atoms in total. The summed E-state index contributed by atoms with van der Waals surface area (Å²) in [4.78, 5) is 16.7. The Balaban J connectivity index is 1.95. The van der Waals surface area contributed by atoms with Gasteiger partial charge in [0.1, 0.15) is 0 Å². The molecule has 1 aromatic heterocycles. The molecule has 0 atom stereocenters. The maximum absolute atomic E-state index is 12.4. The van der Waals surface area contributed by atoms with Crippen molar-refractivity contribution in [1.82, 2.24) is 4.98 Å². The molecule has 21 heavy (non-hydrogen) atoms. The van der Waals surface area contributed by atoms with Crippen LogP contribution in [0.4, 0.5) is 5.69 Å². The van der Waals surface area contributed by atoms with Crippen molar-refractivity contribution in [3.05, 3.63) is 69.8 Å². The van der Waals surface area contributed by atoms with Gasteiger partial charge in [-0.25, -0.2) is 0 Å². The first-order valence-electron chi connectivity index (χ1n) is 6.25. The summed E-state index contributed by atoms with van der Waals surface area (Å²) in [6, 6.07) is 14.5. The Labute approximate surface area is 135 Å². The molecular formula is C16H10BrClN2O. The molecule has 1 amide bonds. The van der Waals surface area contributed by atoms with E-state index < -0.39 is 0 Å². The number of amides is 1. The number of fused-ring (bicyclic) bond motifs is 1. The third-order valence-electron chi connectivity index (χ3n) is 3.07. The van der Waals surface area contributed by atoms with Crippen LogP contribution in [0.3, 0.4) is 0 Å². The van der Waals surface area contributed by atoms with Crippen molar-refractivity contribution in [2.45, 2.75) is 0 Å². The van der Waals surface area contributed by atoms with Gasteiger partial charge in [-0.15, -0.1) is 0 Å². The largest absolute Gasteiger partial charge is 0.322 e. The molecule has 0 spiro atoms. The van der Waals surface area contributed by atoms with E-state index in [1.54, 1.807) is 30.5 Å². The Morgan fingerprint density at radius 2 is 2.00 bits per heavy atom. The maximum atomic E-state index is 12.4. The van der Waals surface area contributed by atoms with Gasteiger partial charge >= 0.3 is 0 Å². The Hall–Kier alpha value is -1.91. The number of hydrogen-bond acceptors (Lipinski definition) is 2. The lowest BCUT2D eigenvalue weighted by Gasteiger charge is -2.08. The SMILES string of the molecule is O=C(Nc1ccc(Br)c(Cl)c1)c1cccc2ncccc12. The number of nitrogens with zero attached hydrogens (tertiary/aromatic N) is 1. The number of halogens is 2. The molecule has 2 aromatic carbocycles. The van der Waals surface area contributed by atoms with Gasteiger partial charge in [0.05, 0.1) is 10.5 Å². The van der Waals surface area contributed by atoms with Crippen LogP contribution in [0.1, 0.15) is 10.4 Å². The van der Waals surface area contributed by atoms with E-state index in [1.807, 2.05) is 24.3 Å². The van der Waals surface area contributed by atoms with Crippen molar-refractivity contribution in [2.24, 2.45) is 0 Å². The lowest BCUT2D eigenvalue weighted by Crippen LogP contribution is -2.12. The molecule has 0 fully saturated rings. The Morgan fingerprint density at radius 3 is 2.81 bits per heavy atom. The zero-order valence-electron chi connectivity index (χ0n) is 10.8. The molecule has 3 aromatic rings. The number of carbonyl (C=O) groups excluding carboxylic acids is 1. The van der Waals surface area contributed by atoms with Crippen LogP contribution < -0.4 is 5.32 Å².